The molecule has 0 unspecified atom stereocenters. The summed E-state index contributed by atoms with van der Waals surface area (Å²) in [6, 6.07) is 7.41. The summed E-state index contributed by atoms with van der Waals surface area (Å²) < 4.78 is 5.33. The van der Waals surface area contributed by atoms with Crippen molar-refractivity contribution in [1.82, 2.24) is 20.6 Å². The number of nitrogens with one attached hydrogen (secondary N) is 2. The van der Waals surface area contributed by atoms with Crippen molar-refractivity contribution in [2.45, 2.75) is 13.5 Å². The van der Waals surface area contributed by atoms with Crippen molar-refractivity contribution in [3.8, 4) is 0 Å². The molecule has 2 rings (SSSR count). The second kappa shape index (κ2) is 5.87. The fourth-order valence-corrected chi connectivity index (χ4v) is 1.42. The molecule has 7 heteroatoms. The summed E-state index contributed by atoms with van der Waals surface area (Å²) in [5.74, 6) is -0.408. The predicted octanol–water partition coefficient (Wildman–Crippen LogP) is 0.988. The fraction of sp³-hybridized carbons (Fsp3) is 0.273. The van der Waals surface area contributed by atoms with E-state index in [0.29, 0.717) is 18.9 Å². The first-order valence-electron chi connectivity index (χ1n) is 5.51. The monoisotopic (exact) mass is 247 g/mol. The van der Waals surface area contributed by atoms with Crippen LogP contribution < -0.4 is 5.32 Å². The molecule has 0 saturated carbocycles. The SMILES string of the molecule is CCOCc1ccccc1NC(=O)c1nn[nH]n1. The standard InChI is InChI=1S/C11H13N5O2/c1-2-18-7-8-5-3-4-6-9(8)12-11(17)10-13-15-16-14-10/h3-6H,2,7H2,1H3,(H,12,17)(H,13,14,15,16). The van der Waals surface area contributed by atoms with Gasteiger partial charge in [-0.25, -0.2) is 0 Å². The van der Waals surface area contributed by atoms with Crippen molar-refractivity contribution in [3.63, 3.8) is 0 Å². The molecule has 0 saturated heterocycles. The molecule has 0 aliphatic heterocycles. The zero-order valence-corrected chi connectivity index (χ0v) is 9.88. The summed E-state index contributed by atoms with van der Waals surface area (Å²) in [6.45, 7) is 2.98. The maximum atomic E-state index is 11.8. The first-order chi connectivity index (χ1) is 8.81. The average Bonchev–Trinajstić information content (AvgIpc) is 2.91. The van der Waals surface area contributed by atoms with Gasteiger partial charge in [-0.15, -0.1) is 10.2 Å². The second-order valence-corrected chi connectivity index (χ2v) is 3.48. The summed E-state index contributed by atoms with van der Waals surface area (Å²) in [5.41, 5.74) is 1.58. The van der Waals surface area contributed by atoms with Crippen LogP contribution in [0.1, 0.15) is 23.1 Å². The van der Waals surface area contributed by atoms with Gasteiger partial charge in [-0.2, -0.15) is 5.21 Å². The molecule has 94 valence electrons. The molecular weight excluding hydrogens is 234 g/mol. The number of amides is 1. The minimum Gasteiger partial charge on any atom is -0.377 e. The van der Waals surface area contributed by atoms with E-state index in [-0.39, 0.29) is 5.82 Å². The van der Waals surface area contributed by atoms with Gasteiger partial charge in [0, 0.05) is 17.9 Å². The summed E-state index contributed by atoms with van der Waals surface area (Å²) in [6.07, 6.45) is 0. The van der Waals surface area contributed by atoms with Crippen molar-refractivity contribution < 1.29 is 9.53 Å². The van der Waals surface area contributed by atoms with Gasteiger partial charge >= 0.3 is 0 Å². The van der Waals surface area contributed by atoms with Crippen LogP contribution in [0, 0.1) is 0 Å². The van der Waals surface area contributed by atoms with Gasteiger partial charge in [-0.3, -0.25) is 4.79 Å². The Morgan fingerprint density at radius 1 is 1.44 bits per heavy atom. The lowest BCUT2D eigenvalue weighted by Crippen LogP contribution is -2.15. The highest BCUT2D eigenvalue weighted by molar-refractivity contribution is 6.01. The van der Waals surface area contributed by atoms with Crippen LogP contribution in [0.25, 0.3) is 0 Å². The van der Waals surface area contributed by atoms with Gasteiger partial charge in [-0.1, -0.05) is 18.2 Å². The fourth-order valence-electron chi connectivity index (χ4n) is 1.42. The molecule has 1 aromatic carbocycles. The highest BCUT2D eigenvalue weighted by atomic mass is 16.5. The highest BCUT2D eigenvalue weighted by Crippen LogP contribution is 2.16. The Morgan fingerprint density at radius 2 is 2.28 bits per heavy atom. The number of hydrogen-bond acceptors (Lipinski definition) is 5. The van der Waals surface area contributed by atoms with Crippen molar-refractivity contribution in [1.29, 1.82) is 0 Å². The third kappa shape index (κ3) is 2.89. The van der Waals surface area contributed by atoms with Crippen LogP contribution in [-0.4, -0.2) is 33.1 Å². The molecule has 0 atom stereocenters. The Labute approximate surface area is 104 Å². The zero-order valence-electron chi connectivity index (χ0n) is 9.88. The number of aromatic amines is 1. The number of para-hydroxylation sites is 1. The Balaban J connectivity index is 2.11. The van der Waals surface area contributed by atoms with Gasteiger partial charge in [0.25, 0.3) is 11.7 Å². The third-order valence-electron chi connectivity index (χ3n) is 2.28. The molecule has 1 heterocycles. The number of hydrogen-bond donors (Lipinski definition) is 2. The lowest BCUT2D eigenvalue weighted by Gasteiger charge is -2.09. The molecule has 1 aromatic heterocycles. The molecule has 0 bridgehead atoms. The third-order valence-corrected chi connectivity index (χ3v) is 2.28. The molecule has 0 spiro atoms. The van der Waals surface area contributed by atoms with Crippen LogP contribution in [-0.2, 0) is 11.3 Å². The molecular formula is C11H13N5O2. The van der Waals surface area contributed by atoms with E-state index >= 15 is 0 Å². The first kappa shape index (κ1) is 12.2. The molecule has 7 nitrogen and oxygen atoms in total. The van der Waals surface area contributed by atoms with Crippen LogP contribution in [0.5, 0.6) is 0 Å². The summed E-state index contributed by atoms with van der Waals surface area (Å²) in [5, 5.41) is 15.5. The number of aromatic nitrogens is 4. The minimum atomic E-state index is -0.410. The number of carbonyl (C=O) groups is 1. The molecule has 0 radical (unpaired) electrons. The van der Waals surface area contributed by atoms with Gasteiger partial charge in [0.05, 0.1) is 6.61 Å². The van der Waals surface area contributed by atoms with Gasteiger partial charge in [-0.05, 0) is 18.2 Å². The zero-order chi connectivity index (χ0) is 12.8. The smallest absolute Gasteiger partial charge is 0.297 e. The van der Waals surface area contributed by atoms with Crippen LogP contribution in [0.3, 0.4) is 0 Å². The van der Waals surface area contributed by atoms with Crippen molar-refractivity contribution in [2.75, 3.05) is 11.9 Å². The second-order valence-electron chi connectivity index (χ2n) is 3.48. The highest BCUT2D eigenvalue weighted by Gasteiger charge is 2.12. The number of carbonyl (C=O) groups excluding carboxylic acids is 1. The van der Waals surface area contributed by atoms with Gasteiger partial charge < -0.3 is 10.1 Å². The van der Waals surface area contributed by atoms with E-state index in [4.69, 9.17) is 4.74 Å². The lowest BCUT2D eigenvalue weighted by atomic mass is 10.2. The Kier molecular flexibility index (Phi) is 3.98. The Morgan fingerprint density at radius 3 is 3.00 bits per heavy atom. The van der Waals surface area contributed by atoms with Crippen molar-refractivity contribution in [2.24, 2.45) is 0 Å². The van der Waals surface area contributed by atoms with Crippen molar-refractivity contribution >= 4 is 11.6 Å². The number of nitrogens with zero attached hydrogens (tertiary/aromatic N) is 3. The van der Waals surface area contributed by atoms with E-state index in [0.717, 1.165) is 5.56 Å². The number of ether oxygens (including phenoxy) is 1. The molecule has 0 fully saturated rings. The molecule has 2 N–H and O–H groups in total. The van der Waals surface area contributed by atoms with Crippen LogP contribution in [0.2, 0.25) is 0 Å². The van der Waals surface area contributed by atoms with E-state index in [1.807, 2.05) is 25.1 Å². The largest absolute Gasteiger partial charge is 0.377 e. The number of anilines is 1. The molecule has 1 amide bonds. The number of rotatable bonds is 5. The minimum absolute atomic E-state index is 0.00112. The molecule has 0 aliphatic carbocycles. The maximum Gasteiger partial charge on any atom is 0.297 e. The van der Waals surface area contributed by atoms with Crippen LogP contribution >= 0.6 is 0 Å². The van der Waals surface area contributed by atoms with E-state index in [1.165, 1.54) is 0 Å². The summed E-state index contributed by atoms with van der Waals surface area (Å²) in [4.78, 5) is 11.8. The van der Waals surface area contributed by atoms with E-state index in [1.54, 1.807) is 6.07 Å². The Bertz CT molecular complexity index is 512. The quantitative estimate of drug-likeness (QED) is 0.821. The van der Waals surface area contributed by atoms with Crippen LogP contribution in [0.15, 0.2) is 24.3 Å². The average molecular weight is 247 g/mol. The maximum absolute atomic E-state index is 11.8. The summed E-state index contributed by atoms with van der Waals surface area (Å²) >= 11 is 0. The molecule has 18 heavy (non-hydrogen) atoms. The molecule has 2 aromatic rings. The number of H-pyrrole nitrogens is 1. The van der Waals surface area contributed by atoms with Crippen LogP contribution in [0.4, 0.5) is 5.69 Å². The van der Waals surface area contributed by atoms with E-state index in [9.17, 15) is 4.79 Å². The van der Waals surface area contributed by atoms with Crippen molar-refractivity contribution in [3.05, 3.63) is 35.7 Å². The number of benzene rings is 1. The summed E-state index contributed by atoms with van der Waals surface area (Å²) in [7, 11) is 0. The normalized spacial score (nSPS) is 10.3. The lowest BCUT2D eigenvalue weighted by molar-refractivity contribution is 0.101. The number of tetrazole rings is 1. The van der Waals surface area contributed by atoms with Gasteiger partial charge in [0.2, 0.25) is 0 Å². The van der Waals surface area contributed by atoms with Gasteiger partial charge in [0.1, 0.15) is 0 Å². The van der Waals surface area contributed by atoms with Gasteiger partial charge in [0.15, 0.2) is 0 Å². The topological polar surface area (TPSA) is 92.8 Å². The predicted molar refractivity (Wildman–Crippen MR) is 63.9 cm³/mol. The molecule has 0 aliphatic rings. The van der Waals surface area contributed by atoms with E-state index in [2.05, 4.69) is 25.9 Å². The Hall–Kier alpha value is -2.28. The first-order valence-corrected chi connectivity index (χ1v) is 5.51. The van der Waals surface area contributed by atoms with E-state index < -0.39 is 5.91 Å².